The average Bonchev–Trinajstić information content (AvgIpc) is 3.00. The Balaban J connectivity index is 1.58. The summed E-state index contributed by atoms with van der Waals surface area (Å²) in [6.07, 6.45) is 2.36. The third kappa shape index (κ3) is 5.81. The maximum absolute atomic E-state index is 12.5. The Morgan fingerprint density at radius 1 is 1.24 bits per heavy atom. The number of ether oxygens (including phenoxy) is 2. The lowest BCUT2D eigenvalue weighted by Crippen LogP contribution is -2.39. The molecular formula is C20H25N3O5S. The fourth-order valence-electron chi connectivity index (χ4n) is 3.03. The van der Waals surface area contributed by atoms with E-state index >= 15 is 0 Å². The number of carbonyl (C=O) groups excluding carboxylic acids is 3. The van der Waals surface area contributed by atoms with Crippen molar-refractivity contribution in [2.45, 2.75) is 6.42 Å². The zero-order valence-electron chi connectivity index (χ0n) is 16.4. The number of hydrogen-bond acceptors (Lipinski definition) is 7. The van der Waals surface area contributed by atoms with E-state index in [4.69, 9.17) is 9.47 Å². The van der Waals surface area contributed by atoms with Gasteiger partial charge in [-0.2, -0.15) is 0 Å². The van der Waals surface area contributed by atoms with Crippen molar-refractivity contribution in [1.82, 2.24) is 10.2 Å². The van der Waals surface area contributed by atoms with Gasteiger partial charge in [0.1, 0.15) is 6.54 Å². The number of nitrogens with one attached hydrogen (secondary N) is 1. The van der Waals surface area contributed by atoms with Gasteiger partial charge >= 0.3 is 0 Å². The number of methoxy groups -OCH3 is 1. The van der Waals surface area contributed by atoms with Crippen molar-refractivity contribution < 1.29 is 23.9 Å². The normalized spacial score (nSPS) is 18.6. The maximum atomic E-state index is 12.5. The molecule has 3 rings (SSSR count). The minimum Gasteiger partial charge on any atom is -0.385 e. The molecule has 0 radical (unpaired) electrons. The van der Waals surface area contributed by atoms with Crippen LogP contribution in [-0.4, -0.2) is 75.1 Å². The smallest absolute Gasteiger partial charge is 0.294 e. The van der Waals surface area contributed by atoms with Gasteiger partial charge in [-0.25, -0.2) is 0 Å². The number of morpholine rings is 1. The summed E-state index contributed by atoms with van der Waals surface area (Å²) in [5.74, 6) is -0.802. The summed E-state index contributed by atoms with van der Waals surface area (Å²) in [4.78, 5) is 40.2. The summed E-state index contributed by atoms with van der Waals surface area (Å²) < 4.78 is 10.3. The van der Waals surface area contributed by atoms with Gasteiger partial charge in [0.25, 0.3) is 11.1 Å². The highest BCUT2D eigenvalue weighted by Gasteiger charge is 2.36. The molecule has 2 aliphatic heterocycles. The molecule has 0 bridgehead atoms. The molecule has 3 amide bonds. The predicted octanol–water partition coefficient (Wildman–Crippen LogP) is 1.71. The first-order chi connectivity index (χ1) is 14.1. The minimum atomic E-state index is -0.440. The maximum Gasteiger partial charge on any atom is 0.294 e. The van der Waals surface area contributed by atoms with Crippen molar-refractivity contribution >= 4 is 40.6 Å². The van der Waals surface area contributed by atoms with Gasteiger partial charge in [-0.3, -0.25) is 19.3 Å². The standard InChI is InChI=1S/C20H25N3O5S/c1-27-10-2-7-21-18(24)14-23-19(25)17(29-20(23)26)13-15-3-5-16(6-4-15)22-8-11-28-12-9-22/h3-6,13H,2,7-12,14H2,1H3,(H,21,24)/b17-13-. The summed E-state index contributed by atoms with van der Waals surface area (Å²) in [6.45, 7) is 3.84. The fourth-order valence-corrected chi connectivity index (χ4v) is 3.87. The van der Waals surface area contributed by atoms with E-state index in [2.05, 4.69) is 10.2 Å². The lowest BCUT2D eigenvalue weighted by molar-refractivity contribution is -0.129. The van der Waals surface area contributed by atoms with Crippen LogP contribution in [0.3, 0.4) is 0 Å². The monoisotopic (exact) mass is 419 g/mol. The molecule has 156 valence electrons. The van der Waals surface area contributed by atoms with E-state index in [9.17, 15) is 14.4 Å². The molecule has 0 saturated carbocycles. The number of imide groups is 1. The summed E-state index contributed by atoms with van der Waals surface area (Å²) in [5, 5.41) is 2.25. The van der Waals surface area contributed by atoms with Crippen molar-refractivity contribution in [2.24, 2.45) is 0 Å². The number of benzene rings is 1. The van der Waals surface area contributed by atoms with Gasteiger partial charge in [0, 0.05) is 39.0 Å². The van der Waals surface area contributed by atoms with E-state index < -0.39 is 11.1 Å². The second kappa shape index (κ2) is 10.4. The first-order valence-corrected chi connectivity index (χ1v) is 10.3. The molecule has 2 heterocycles. The van der Waals surface area contributed by atoms with Gasteiger partial charge in [0.15, 0.2) is 0 Å². The third-order valence-corrected chi connectivity index (χ3v) is 5.50. The van der Waals surface area contributed by atoms with Gasteiger partial charge in [0.2, 0.25) is 5.91 Å². The highest BCUT2D eigenvalue weighted by atomic mass is 32.2. The SMILES string of the molecule is COCCCNC(=O)CN1C(=O)S/C(=C\c2ccc(N3CCOCC3)cc2)C1=O. The topological polar surface area (TPSA) is 88.2 Å². The van der Waals surface area contributed by atoms with Crippen LogP contribution in [0.4, 0.5) is 10.5 Å². The molecule has 1 aromatic rings. The van der Waals surface area contributed by atoms with Crippen LogP contribution in [0.1, 0.15) is 12.0 Å². The first kappa shape index (κ1) is 21.4. The molecule has 8 nitrogen and oxygen atoms in total. The number of carbonyl (C=O) groups is 3. The summed E-state index contributed by atoms with van der Waals surface area (Å²) in [6, 6.07) is 7.83. The van der Waals surface area contributed by atoms with Crippen molar-refractivity contribution in [3.63, 3.8) is 0 Å². The van der Waals surface area contributed by atoms with E-state index in [1.54, 1.807) is 13.2 Å². The second-order valence-corrected chi connectivity index (χ2v) is 7.65. The Morgan fingerprint density at radius 3 is 2.66 bits per heavy atom. The van der Waals surface area contributed by atoms with Crippen LogP contribution < -0.4 is 10.2 Å². The van der Waals surface area contributed by atoms with Crippen LogP contribution in [-0.2, 0) is 19.1 Å². The Labute approximate surface area is 174 Å². The number of amides is 3. The first-order valence-electron chi connectivity index (χ1n) is 9.52. The van der Waals surface area contributed by atoms with Crippen molar-refractivity contribution in [2.75, 3.05) is 58.0 Å². The molecule has 0 unspecified atom stereocenters. The van der Waals surface area contributed by atoms with Crippen LogP contribution >= 0.6 is 11.8 Å². The largest absolute Gasteiger partial charge is 0.385 e. The van der Waals surface area contributed by atoms with E-state index in [1.807, 2.05) is 24.3 Å². The Bertz CT molecular complexity index is 775. The van der Waals surface area contributed by atoms with Gasteiger partial charge < -0.3 is 19.7 Å². The predicted molar refractivity (Wildman–Crippen MR) is 112 cm³/mol. The van der Waals surface area contributed by atoms with Crippen LogP contribution in [0.5, 0.6) is 0 Å². The molecule has 2 aliphatic rings. The lowest BCUT2D eigenvalue weighted by Gasteiger charge is -2.28. The van der Waals surface area contributed by atoms with Crippen LogP contribution in [0, 0.1) is 0 Å². The molecule has 0 spiro atoms. The van der Waals surface area contributed by atoms with E-state index in [-0.39, 0.29) is 12.5 Å². The number of anilines is 1. The number of nitrogens with zero attached hydrogens (tertiary/aromatic N) is 2. The van der Waals surface area contributed by atoms with Gasteiger partial charge in [0.05, 0.1) is 18.1 Å². The molecule has 2 fully saturated rings. The zero-order chi connectivity index (χ0) is 20.6. The number of rotatable bonds is 8. The molecule has 0 aromatic heterocycles. The number of thioether (sulfide) groups is 1. The van der Waals surface area contributed by atoms with E-state index in [1.165, 1.54) is 0 Å². The van der Waals surface area contributed by atoms with Gasteiger partial charge in [-0.05, 0) is 42.0 Å². The second-order valence-electron chi connectivity index (χ2n) is 6.66. The molecule has 9 heteroatoms. The van der Waals surface area contributed by atoms with Crippen molar-refractivity contribution in [3.05, 3.63) is 34.7 Å². The number of hydrogen-bond donors (Lipinski definition) is 1. The Kier molecular flexibility index (Phi) is 7.68. The average molecular weight is 420 g/mol. The summed E-state index contributed by atoms with van der Waals surface area (Å²) >= 11 is 0.854. The fraction of sp³-hybridized carbons (Fsp3) is 0.450. The Hall–Kier alpha value is -2.36. The zero-order valence-corrected chi connectivity index (χ0v) is 17.2. The molecule has 1 aromatic carbocycles. The van der Waals surface area contributed by atoms with Gasteiger partial charge in [-0.1, -0.05) is 12.1 Å². The quantitative estimate of drug-likeness (QED) is 0.507. The van der Waals surface area contributed by atoms with E-state index in [0.717, 1.165) is 54.2 Å². The Morgan fingerprint density at radius 2 is 1.97 bits per heavy atom. The molecular weight excluding hydrogens is 394 g/mol. The molecule has 29 heavy (non-hydrogen) atoms. The van der Waals surface area contributed by atoms with E-state index in [0.29, 0.717) is 24.5 Å². The highest BCUT2D eigenvalue weighted by molar-refractivity contribution is 8.18. The highest BCUT2D eigenvalue weighted by Crippen LogP contribution is 2.32. The minimum absolute atomic E-state index is 0.273. The lowest BCUT2D eigenvalue weighted by atomic mass is 10.1. The van der Waals surface area contributed by atoms with Crippen molar-refractivity contribution in [1.29, 1.82) is 0 Å². The van der Waals surface area contributed by atoms with Crippen LogP contribution in [0.25, 0.3) is 6.08 Å². The van der Waals surface area contributed by atoms with Crippen molar-refractivity contribution in [3.8, 4) is 0 Å². The molecule has 0 atom stereocenters. The summed E-state index contributed by atoms with van der Waals surface area (Å²) in [7, 11) is 1.59. The molecule has 1 N–H and O–H groups in total. The third-order valence-electron chi connectivity index (χ3n) is 4.59. The van der Waals surface area contributed by atoms with Crippen LogP contribution in [0.2, 0.25) is 0 Å². The molecule has 2 saturated heterocycles. The molecule has 0 aliphatic carbocycles. The van der Waals surface area contributed by atoms with Crippen LogP contribution in [0.15, 0.2) is 29.2 Å². The van der Waals surface area contributed by atoms with Gasteiger partial charge in [-0.15, -0.1) is 0 Å². The summed E-state index contributed by atoms with van der Waals surface area (Å²) in [5.41, 5.74) is 1.93.